The first-order valence-corrected chi connectivity index (χ1v) is 10.4. The third kappa shape index (κ3) is 3.19. The number of aromatic amines is 1. The topological polar surface area (TPSA) is 79.8 Å². The van der Waals surface area contributed by atoms with Crippen molar-refractivity contribution in [1.82, 2.24) is 20.1 Å². The fourth-order valence-electron chi connectivity index (χ4n) is 3.46. The van der Waals surface area contributed by atoms with E-state index in [1.54, 1.807) is 35.7 Å². The monoisotopic (exact) mass is 414 g/mol. The molecule has 0 atom stereocenters. The molecule has 0 aliphatic rings. The Labute approximate surface area is 175 Å². The van der Waals surface area contributed by atoms with Gasteiger partial charge in [0.15, 0.2) is 0 Å². The van der Waals surface area contributed by atoms with E-state index < -0.39 is 0 Å². The molecular formula is C23H18N4O2S. The number of thiophene rings is 1. The summed E-state index contributed by atoms with van der Waals surface area (Å²) in [5.41, 5.74) is 3.61. The highest BCUT2D eigenvalue weighted by Crippen LogP contribution is 2.22. The number of carbonyl (C=O) groups is 1. The van der Waals surface area contributed by atoms with Crippen molar-refractivity contribution < 1.29 is 4.79 Å². The maximum Gasteiger partial charge on any atom is 0.280 e. The van der Waals surface area contributed by atoms with E-state index in [9.17, 15) is 9.59 Å². The predicted octanol–water partition coefficient (Wildman–Crippen LogP) is 4.17. The second-order valence-electron chi connectivity index (χ2n) is 7.13. The van der Waals surface area contributed by atoms with E-state index >= 15 is 0 Å². The Bertz CT molecular complexity index is 1430. The van der Waals surface area contributed by atoms with Crippen molar-refractivity contribution in [2.24, 2.45) is 0 Å². The molecule has 0 radical (unpaired) electrons. The molecule has 2 aromatic carbocycles. The van der Waals surface area contributed by atoms with Crippen LogP contribution in [-0.2, 0) is 6.54 Å². The van der Waals surface area contributed by atoms with E-state index in [1.165, 1.54) is 4.68 Å². The zero-order valence-corrected chi connectivity index (χ0v) is 17.0. The lowest BCUT2D eigenvalue weighted by Gasteiger charge is -2.06. The van der Waals surface area contributed by atoms with Crippen LogP contribution in [0.1, 0.15) is 20.8 Å². The molecule has 0 saturated heterocycles. The largest absolute Gasteiger partial charge is 0.347 e. The quantitative estimate of drug-likeness (QED) is 0.463. The lowest BCUT2D eigenvalue weighted by molar-refractivity contribution is 0.0951. The molecule has 0 aliphatic carbocycles. The van der Waals surface area contributed by atoms with Crippen LogP contribution in [0, 0.1) is 6.92 Å². The van der Waals surface area contributed by atoms with Crippen molar-refractivity contribution >= 4 is 39.0 Å². The Kier molecular flexibility index (Phi) is 4.44. The van der Waals surface area contributed by atoms with Crippen molar-refractivity contribution in [3.8, 4) is 5.69 Å². The Morgan fingerprint density at radius 1 is 1.13 bits per heavy atom. The Morgan fingerprint density at radius 2 is 1.97 bits per heavy atom. The van der Waals surface area contributed by atoms with Crippen molar-refractivity contribution in [2.75, 3.05) is 0 Å². The van der Waals surface area contributed by atoms with Crippen LogP contribution in [0.2, 0.25) is 0 Å². The second kappa shape index (κ2) is 7.27. The number of aryl methyl sites for hydroxylation is 1. The van der Waals surface area contributed by atoms with Gasteiger partial charge in [-0.2, -0.15) is 0 Å². The Morgan fingerprint density at radius 3 is 2.73 bits per heavy atom. The summed E-state index contributed by atoms with van der Waals surface area (Å²) in [6, 6.07) is 17.0. The van der Waals surface area contributed by atoms with E-state index in [0.717, 1.165) is 27.0 Å². The minimum atomic E-state index is -0.171. The maximum atomic E-state index is 12.9. The van der Waals surface area contributed by atoms with Gasteiger partial charge in [0, 0.05) is 22.0 Å². The molecule has 7 heteroatoms. The number of nitrogens with one attached hydrogen (secondary N) is 2. The molecule has 0 spiro atoms. The molecule has 2 N–H and O–H groups in total. The molecule has 6 nitrogen and oxygen atoms in total. The number of hydrogen-bond donors (Lipinski definition) is 2. The molecule has 30 heavy (non-hydrogen) atoms. The first-order chi connectivity index (χ1) is 14.6. The molecule has 5 rings (SSSR count). The summed E-state index contributed by atoms with van der Waals surface area (Å²) in [5, 5.41) is 9.33. The summed E-state index contributed by atoms with van der Waals surface area (Å²) in [4.78, 5) is 31.1. The average molecular weight is 414 g/mol. The standard InChI is InChI=1S/C23H18N4O2S/c1-14-4-7-16(8-5-14)27-23(29)19-13-24-20-9-6-15(11-18(20)21(19)26-27)22(28)25-12-17-3-2-10-30-17/h2-11,13,26H,12H2,1H3,(H,25,28). The molecule has 0 bridgehead atoms. The molecule has 148 valence electrons. The number of amides is 1. The number of aromatic nitrogens is 3. The molecule has 0 aliphatic heterocycles. The SMILES string of the molecule is Cc1ccc(-n2[nH]c3c(cnc4ccc(C(=O)NCc5cccs5)cc43)c2=O)cc1. The van der Waals surface area contributed by atoms with E-state index in [1.807, 2.05) is 48.7 Å². The summed E-state index contributed by atoms with van der Waals surface area (Å²) in [5.74, 6) is -0.164. The maximum absolute atomic E-state index is 12.9. The summed E-state index contributed by atoms with van der Waals surface area (Å²) >= 11 is 1.60. The number of rotatable bonds is 4. The number of fused-ring (bicyclic) bond motifs is 3. The Hall–Kier alpha value is -3.71. The van der Waals surface area contributed by atoms with Gasteiger partial charge >= 0.3 is 0 Å². The normalized spacial score (nSPS) is 11.2. The molecule has 5 aromatic rings. The van der Waals surface area contributed by atoms with Gasteiger partial charge < -0.3 is 5.32 Å². The van der Waals surface area contributed by atoms with E-state index in [-0.39, 0.29) is 11.5 Å². The molecule has 3 aromatic heterocycles. The van der Waals surface area contributed by atoms with Gasteiger partial charge in [0.2, 0.25) is 0 Å². The van der Waals surface area contributed by atoms with Crippen LogP contribution in [0.4, 0.5) is 0 Å². The van der Waals surface area contributed by atoms with Gasteiger partial charge in [-0.05, 0) is 48.7 Å². The number of carbonyl (C=O) groups excluding carboxylic acids is 1. The van der Waals surface area contributed by atoms with Crippen LogP contribution in [0.3, 0.4) is 0 Å². The van der Waals surface area contributed by atoms with E-state index in [2.05, 4.69) is 15.4 Å². The van der Waals surface area contributed by atoms with Gasteiger partial charge in [-0.1, -0.05) is 23.8 Å². The summed E-state index contributed by atoms with van der Waals surface area (Å²) in [6.07, 6.45) is 1.58. The van der Waals surface area contributed by atoms with Gasteiger partial charge in [-0.3, -0.25) is 19.7 Å². The molecule has 1 amide bonds. The third-order valence-corrected chi connectivity index (χ3v) is 5.96. The van der Waals surface area contributed by atoms with E-state index in [4.69, 9.17) is 0 Å². The van der Waals surface area contributed by atoms with Crippen molar-refractivity contribution in [2.45, 2.75) is 13.5 Å². The molecule has 0 saturated carbocycles. The van der Waals surface area contributed by atoms with E-state index in [0.29, 0.717) is 23.0 Å². The minimum Gasteiger partial charge on any atom is -0.347 e. The smallest absolute Gasteiger partial charge is 0.280 e. The molecule has 3 heterocycles. The zero-order valence-electron chi connectivity index (χ0n) is 16.2. The lowest BCUT2D eigenvalue weighted by Crippen LogP contribution is -2.22. The van der Waals surface area contributed by atoms with Crippen LogP contribution >= 0.6 is 11.3 Å². The first kappa shape index (κ1) is 18.3. The highest BCUT2D eigenvalue weighted by Gasteiger charge is 2.14. The number of nitrogens with zero attached hydrogens (tertiary/aromatic N) is 2. The summed E-state index contributed by atoms with van der Waals surface area (Å²) in [6.45, 7) is 2.48. The third-order valence-electron chi connectivity index (χ3n) is 5.08. The second-order valence-corrected chi connectivity index (χ2v) is 8.16. The van der Waals surface area contributed by atoms with Gasteiger partial charge in [-0.15, -0.1) is 11.3 Å². The van der Waals surface area contributed by atoms with Crippen LogP contribution in [0.25, 0.3) is 27.5 Å². The van der Waals surface area contributed by atoms with Crippen LogP contribution in [-0.4, -0.2) is 20.7 Å². The van der Waals surface area contributed by atoms with Gasteiger partial charge in [0.05, 0.1) is 28.7 Å². The van der Waals surface area contributed by atoms with Gasteiger partial charge in [-0.25, -0.2) is 4.68 Å². The lowest BCUT2D eigenvalue weighted by atomic mass is 10.1. The first-order valence-electron chi connectivity index (χ1n) is 9.51. The highest BCUT2D eigenvalue weighted by molar-refractivity contribution is 7.09. The molecule has 0 unspecified atom stereocenters. The minimum absolute atomic E-state index is 0.164. The predicted molar refractivity (Wildman–Crippen MR) is 119 cm³/mol. The number of H-pyrrole nitrogens is 1. The van der Waals surface area contributed by atoms with Crippen LogP contribution in [0.5, 0.6) is 0 Å². The Balaban J connectivity index is 1.57. The fraction of sp³-hybridized carbons (Fsp3) is 0.0870. The van der Waals surface area contributed by atoms with Crippen LogP contribution < -0.4 is 10.9 Å². The van der Waals surface area contributed by atoms with Gasteiger partial charge in [0.25, 0.3) is 11.5 Å². The zero-order chi connectivity index (χ0) is 20.7. The average Bonchev–Trinajstić information content (AvgIpc) is 3.40. The number of pyridine rings is 1. The van der Waals surface area contributed by atoms with Gasteiger partial charge in [0.1, 0.15) is 0 Å². The molecule has 0 fully saturated rings. The summed E-state index contributed by atoms with van der Waals surface area (Å²) < 4.78 is 1.51. The van der Waals surface area contributed by atoms with Crippen molar-refractivity contribution in [1.29, 1.82) is 0 Å². The summed E-state index contributed by atoms with van der Waals surface area (Å²) in [7, 11) is 0. The number of hydrogen-bond acceptors (Lipinski definition) is 4. The molecular weight excluding hydrogens is 396 g/mol. The highest BCUT2D eigenvalue weighted by atomic mass is 32.1. The number of benzene rings is 2. The fourth-order valence-corrected chi connectivity index (χ4v) is 4.10. The van der Waals surface area contributed by atoms with Crippen molar-refractivity contribution in [3.05, 3.63) is 92.5 Å². The van der Waals surface area contributed by atoms with Crippen LogP contribution in [0.15, 0.2) is 71.0 Å². The van der Waals surface area contributed by atoms with Crippen molar-refractivity contribution in [3.63, 3.8) is 0 Å².